The van der Waals surface area contributed by atoms with Gasteiger partial charge in [0.15, 0.2) is 0 Å². The van der Waals surface area contributed by atoms with Crippen molar-refractivity contribution < 1.29 is 5.11 Å². The molecule has 1 aliphatic carbocycles. The van der Waals surface area contributed by atoms with Gasteiger partial charge in [-0.1, -0.05) is 12.2 Å². The number of hydrogen-bond acceptors (Lipinski definition) is 1. The van der Waals surface area contributed by atoms with Crippen LogP contribution in [-0.2, 0) is 0 Å². The smallest absolute Gasteiger partial charge is 0.0612 e. The molecule has 0 spiro atoms. The molecule has 7 heavy (non-hydrogen) atoms. The summed E-state index contributed by atoms with van der Waals surface area (Å²) in [5.74, 6) is 0.812. The topological polar surface area (TPSA) is 20.2 Å². The van der Waals surface area contributed by atoms with Crippen molar-refractivity contribution in [3.63, 3.8) is 0 Å². The van der Waals surface area contributed by atoms with Gasteiger partial charge < -0.3 is 5.11 Å². The molecule has 0 radical (unpaired) electrons. The zero-order chi connectivity index (χ0) is 5.11. The molecule has 0 aliphatic heterocycles. The van der Waals surface area contributed by atoms with Crippen LogP contribution in [0, 0.1) is 5.92 Å². The molecule has 1 nitrogen and oxygen atoms in total. The number of hydrogen-bond donors (Lipinski definition) is 1. The van der Waals surface area contributed by atoms with Crippen LogP contribution in [0.15, 0.2) is 12.2 Å². The first-order chi connectivity index (χ1) is 3.43. The van der Waals surface area contributed by atoms with Gasteiger partial charge in [-0.3, -0.25) is 0 Å². The van der Waals surface area contributed by atoms with Crippen molar-refractivity contribution in [2.45, 2.75) is 12.8 Å². The zero-order valence-corrected chi connectivity index (χ0v) is 4.30. The summed E-state index contributed by atoms with van der Waals surface area (Å²) in [4.78, 5) is 0. The first-order valence-corrected chi connectivity index (χ1v) is 2.71. The number of allylic oxidation sites excluding steroid dienone is 1. The molecule has 0 bridgehead atoms. The fourth-order valence-electron chi connectivity index (χ4n) is 0.542. The molecule has 0 saturated heterocycles. The van der Waals surface area contributed by atoms with Crippen molar-refractivity contribution in [3.8, 4) is 0 Å². The first kappa shape index (κ1) is 4.85. The largest absolute Gasteiger partial charge is 0.392 e. The maximum atomic E-state index is 8.26. The van der Waals surface area contributed by atoms with Gasteiger partial charge in [0.25, 0.3) is 0 Å². The Morgan fingerprint density at radius 3 is 2.71 bits per heavy atom. The second kappa shape index (κ2) is 2.12. The highest BCUT2D eigenvalue weighted by atomic mass is 16.2. The second-order valence-electron chi connectivity index (χ2n) is 1.95. The van der Waals surface area contributed by atoms with Gasteiger partial charge in [0, 0.05) is 0 Å². The van der Waals surface area contributed by atoms with Crippen molar-refractivity contribution in [1.82, 2.24) is 0 Å². The van der Waals surface area contributed by atoms with Crippen LogP contribution in [0.3, 0.4) is 0 Å². The predicted molar refractivity (Wildman–Crippen MR) is 28.9 cm³/mol. The maximum Gasteiger partial charge on any atom is 0.0612 e. The number of aliphatic hydroxyl groups excluding tert-OH is 1. The number of rotatable bonds is 2. The Kier molecular flexibility index (Phi) is 1.47. The van der Waals surface area contributed by atoms with E-state index < -0.39 is 0 Å². The normalized spacial score (nSPS) is 21.3. The monoisotopic (exact) mass is 98.1 g/mol. The van der Waals surface area contributed by atoms with Gasteiger partial charge in [0.2, 0.25) is 0 Å². The SMILES string of the molecule is OC/C=C\C1CC1. The fourth-order valence-corrected chi connectivity index (χ4v) is 0.542. The summed E-state index contributed by atoms with van der Waals surface area (Å²) < 4.78 is 0. The molecule has 1 saturated carbocycles. The van der Waals surface area contributed by atoms with Crippen molar-refractivity contribution in [2.24, 2.45) is 5.92 Å². The maximum absolute atomic E-state index is 8.26. The van der Waals surface area contributed by atoms with E-state index in [1.54, 1.807) is 0 Å². The quantitative estimate of drug-likeness (QED) is 0.510. The summed E-state index contributed by atoms with van der Waals surface area (Å²) in [6.07, 6.45) is 6.56. The van der Waals surface area contributed by atoms with Crippen LogP contribution in [0.25, 0.3) is 0 Å². The minimum absolute atomic E-state index is 0.205. The van der Waals surface area contributed by atoms with Crippen molar-refractivity contribution >= 4 is 0 Å². The third-order valence-electron chi connectivity index (χ3n) is 1.14. The molecule has 1 rings (SSSR count). The van der Waals surface area contributed by atoms with Gasteiger partial charge in [0.05, 0.1) is 6.61 Å². The van der Waals surface area contributed by atoms with Crippen LogP contribution >= 0.6 is 0 Å². The third-order valence-corrected chi connectivity index (χ3v) is 1.14. The van der Waals surface area contributed by atoms with Gasteiger partial charge in [-0.15, -0.1) is 0 Å². The lowest BCUT2D eigenvalue weighted by Crippen LogP contribution is -1.70. The van der Waals surface area contributed by atoms with Crippen molar-refractivity contribution in [1.29, 1.82) is 0 Å². The number of aliphatic hydroxyl groups is 1. The Morgan fingerprint density at radius 2 is 2.29 bits per heavy atom. The lowest BCUT2D eigenvalue weighted by atomic mass is 10.4. The lowest BCUT2D eigenvalue weighted by molar-refractivity contribution is 0.342. The predicted octanol–water partition coefficient (Wildman–Crippen LogP) is 0.945. The molecular weight excluding hydrogens is 88.1 g/mol. The second-order valence-corrected chi connectivity index (χ2v) is 1.95. The molecule has 1 heteroatoms. The van der Waals surface area contributed by atoms with Crippen LogP contribution in [0.5, 0.6) is 0 Å². The van der Waals surface area contributed by atoms with E-state index in [4.69, 9.17) is 5.11 Å². The highest BCUT2D eigenvalue weighted by Gasteiger charge is 2.16. The van der Waals surface area contributed by atoms with Gasteiger partial charge >= 0.3 is 0 Å². The molecule has 0 amide bonds. The van der Waals surface area contributed by atoms with Crippen molar-refractivity contribution in [3.05, 3.63) is 12.2 Å². The summed E-state index contributed by atoms with van der Waals surface area (Å²) in [5.41, 5.74) is 0. The molecule has 0 atom stereocenters. The molecular formula is C6H10O. The average Bonchev–Trinajstić information content (AvgIpc) is 2.42. The molecule has 0 unspecified atom stereocenters. The third kappa shape index (κ3) is 1.74. The van der Waals surface area contributed by atoms with Crippen LogP contribution in [0.1, 0.15) is 12.8 Å². The summed E-state index contributed by atoms with van der Waals surface area (Å²) in [7, 11) is 0. The Labute approximate surface area is 43.7 Å². The van der Waals surface area contributed by atoms with Gasteiger partial charge in [-0.2, -0.15) is 0 Å². The van der Waals surface area contributed by atoms with E-state index in [9.17, 15) is 0 Å². The zero-order valence-electron chi connectivity index (χ0n) is 4.30. The van der Waals surface area contributed by atoms with Gasteiger partial charge in [-0.25, -0.2) is 0 Å². The molecule has 1 aliphatic rings. The van der Waals surface area contributed by atoms with E-state index in [0.717, 1.165) is 5.92 Å². The van der Waals surface area contributed by atoms with Crippen LogP contribution in [0.4, 0.5) is 0 Å². The lowest BCUT2D eigenvalue weighted by Gasteiger charge is -1.75. The summed E-state index contributed by atoms with van der Waals surface area (Å²) in [5, 5.41) is 8.26. The highest BCUT2D eigenvalue weighted by Crippen LogP contribution is 2.29. The Morgan fingerprint density at radius 1 is 1.57 bits per heavy atom. The van der Waals surface area contributed by atoms with E-state index in [1.807, 2.05) is 6.08 Å². The van der Waals surface area contributed by atoms with E-state index in [0.29, 0.717) is 0 Å². The minimum atomic E-state index is 0.205. The minimum Gasteiger partial charge on any atom is -0.392 e. The molecule has 0 heterocycles. The van der Waals surface area contributed by atoms with Gasteiger partial charge in [0.1, 0.15) is 0 Å². The summed E-state index contributed by atoms with van der Waals surface area (Å²) in [6.45, 7) is 0.205. The van der Waals surface area contributed by atoms with Gasteiger partial charge in [-0.05, 0) is 18.8 Å². The molecule has 0 aromatic rings. The van der Waals surface area contributed by atoms with E-state index in [-0.39, 0.29) is 6.61 Å². The molecule has 1 N–H and O–H groups in total. The summed E-state index contributed by atoms with van der Waals surface area (Å²) >= 11 is 0. The van der Waals surface area contributed by atoms with Crippen molar-refractivity contribution in [2.75, 3.05) is 6.61 Å². The fraction of sp³-hybridized carbons (Fsp3) is 0.667. The van der Waals surface area contributed by atoms with Crippen LogP contribution in [-0.4, -0.2) is 11.7 Å². The highest BCUT2D eigenvalue weighted by molar-refractivity contribution is 4.95. The Balaban J connectivity index is 2.05. The Bertz CT molecular complexity index is 72.2. The molecule has 40 valence electrons. The van der Waals surface area contributed by atoms with Crippen LogP contribution < -0.4 is 0 Å². The first-order valence-electron chi connectivity index (χ1n) is 2.71. The van der Waals surface area contributed by atoms with E-state index in [1.165, 1.54) is 12.8 Å². The summed E-state index contributed by atoms with van der Waals surface area (Å²) in [6, 6.07) is 0. The van der Waals surface area contributed by atoms with Crippen LogP contribution in [0.2, 0.25) is 0 Å². The molecule has 0 aromatic carbocycles. The average molecular weight is 98.1 g/mol. The Hall–Kier alpha value is -0.300. The van der Waals surface area contributed by atoms with E-state index in [2.05, 4.69) is 6.08 Å². The standard InChI is InChI=1S/C6H10O/c7-5-1-2-6-3-4-6/h1-2,6-7H,3-5H2/b2-1-. The molecule has 1 fully saturated rings. The van der Waals surface area contributed by atoms with E-state index >= 15 is 0 Å². The molecule has 0 aromatic heterocycles.